The number of nitrogens with zero attached hydrogens (tertiary/aromatic N) is 1. The van der Waals surface area contributed by atoms with Gasteiger partial charge in [-0.3, -0.25) is 9.59 Å². The second-order valence-electron chi connectivity index (χ2n) is 8.64. The number of imidazole rings is 1. The molecule has 2 rings (SSSR count). The number of amides is 2. The highest BCUT2D eigenvalue weighted by atomic mass is 16.6. The summed E-state index contributed by atoms with van der Waals surface area (Å²) in [5.74, 6) is -1.49. The Morgan fingerprint density at radius 1 is 1.17 bits per heavy atom. The van der Waals surface area contributed by atoms with Gasteiger partial charge in [0, 0.05) is 5.69 Å². The van der Waals surface area contributed by atoms with Crippen LogP contribution >= 0.6 is 0 Å². The topological polar surface area (TPSA) is 113 Å². The predicted octanol–water partition coefficient (Wildman–Crippen LogP) is 3.46. The molecule has 0 unspecified atom stereocenters. The summed E-state index contributed by atoms with van der Waals surface area (Å²) in [6, 6.07) is 6.45. The molecule has 0 fully saturated rings. The number of H-pyrrole nitrogens is 1. The van der Waals surface area contributed by atoms with Crippen LogP contribution in [0.5, 0.6) is 0 Å². The largest absolute Gasteiger partial charge is 0.458 e. The first-order valence-electron chi connectivity index (χ1n) is 9.91. The van der Waals surface area contributed by atoms with Crippen LogP contribution in [0.1, 0.15) is 67.6 Å². The summed E-state index contributed by atoms with van der Waals surface area (Å²) in [5.41, 5.74) is 0.839. The van der Waals surface area contributed by atoms with Crippen LogP contribution in [-0.2, 0) is 9.53 Å². The van der Waals surface area contributed by atoms with Gasteiger partial charge in [0.25, 0.3) is 11.8 Å². The third-order valence-electron chi connectivity index (χ3n) is 4.06. The number of ether oxygens (including phenoxy) is 1. The molecule has 0 aliphatic carbocycles. The maximum Gasteiger partial charge on any atom is 0.329 e. The van der Waals surface area contributed by atoms with E-state index in [0.29, 0.717) is 12.1 Å². The summed E-state index contributed by atoms with van der Waals surface area (Å²) in [5, 5.41) is 5.40. The number of hydrogen-bond acceptors (Lipinski definition) is 5. The van der Waals surface area contributed by atoms with E-state index in [2.05, 4.69) is 20.6 Å². The normalized spacial score (nSPS) is 12.4. The van der Waals surface area contributed by atoms with Crippen molar-refractivity contribution in [2.24, 2.45) is 5.92 Å². The summed E-state index contributed by atoms with van der Waals surface area (Å²) in [6.45, 7) is 11.1. The number of esters is 1. The number of aryl methyl sites for hydroxylation is 1. The zero-order valence-electron chi connectivity index (χ0n) is 18.3. The van der Waals surface area contributed by atoms with Crippen molar-refractivity contribution in [1.29, 1.82) is 0 Å². The molecule has 8 nitrogen and oxygen atoms in total. The van der Waals surface area contributed by atoms with Gasteiger partial charge in [-0.2, -0.15) is 0 Å². The van der Waals surface area contributed by atoms with E-state index in [-0.39, 0.29) is 17.3 Å². The predicted molar refractivity (Wildman–Crippen MR) is 114 cm³/mol. The van der Waals surface area contributed by atoms with Gasteiger partial charge in [-0.15, -0.1) is 0 Å². The molecule has 1 atom stereocenters. The van der Waals surface area contributed by atoms with Crippen LogP contribution in [-0.4, -0.2) is 39.4 Å². The van der Waals surface area contributed by atoms with E-state index < -0.39 is 29.4 Å². The van der Waals surface area contributed by atoms with Crippen molar-refractivity contribution in [3.8, 4) is 0 Å². The van der Waals surface area contributed by atoms with Crippen molar-refractivity contribution in [3.05, 3.63) is 47.5 Å². The van der Waals surface area contributed by atoms with E-state index in [1.54, 1.807) is 26.8 Å². The van der Waals surface area contributed by atoms with Crippen LogP contribution in [0.25, 0.3) is 0 Å². The number of carbonyl (C=O) groups excluding carboxylic acids is 3. The van der Waals surface area contributed by atoms with Crippen LogP contribution in [0, 0.1) is 12.8 Å². The van der Waals surface area contributed by atoms with E-state index in [4.69, 9.17) is 4.74 Å². The lowest BCUT2D eigenvalue weighted by molar-refractivity contribution is -0.157. The van der Waals surface area contributed by atoms with Gasteiger partial charge < -0.3 is 20.4 Å². The Kier molecular flexibility index (Phi) is 7.37. The first-order chi connectivity index (χ1) is 14.0. The average molecular weight is 415 g/mol. The second-order valence-corrected chi connectivity index (χ2v) is 8.64. The number of aromatic nitrogens is 2. The number of aromatic amines is 1. The summed E-state index contributed by atoms with van der Waals surface area (Å²) in [4.78, 5) is 44.7. The van der Waals surface area contributed by atoms with Crippen molar-refractivity contribution in [2.75, 3.05) is 5.32 Å². The van der Waals surface area contributed by atoms with E-state index in [9.17, 15) is 14.4 Å². The molecular formula is C22H30N4O4. The van der Waals surface area contributed by atoms with Gasteiger partial charge in [0.05, 0.1) is 6.33 Å². The van der Waals surface area contributed by atoms with Crippen LogP contribution in [0.3, 0.4) is 0 Å². The zero-order chi connectivity index (χ0) is 22.5. The standard InChI is InChI=1S/C22H30N4O4/c1-13(2)10-16(21(29)30-22(4,5)6)26-20(28)18-17(23-12-24-18)19(27)25-15-9-7-8-14(3)11-15/h7-9,11-13,16H,10H2,1-6H3,(H,23,24)(H,25,27)(H,26,28)/t16-/m0/s1. The molecule has 8 heteroatoms. The molecule has 0 spiro atoms. The number of benzene rings is 1. The molecule has 0 bridgehead atoms. The second kappa shape index (κ2) is 9.56. The summed E-state index contributed by atoms with van der Waals surface area (Å²) >= 11 is 0. The highest BCUT2D eigenvalue weighted by Gasteiger charge is 2.29. The molecule has 0 saturated heterocycles. The molecule has 0 saturated carbocycles. The Morgan fingerprint density at radius 2 is 1.87 bits per heavy atom. The molecule has 3 N–H and O–H groups in total. The monoisotopic (exact) mass is 414 g/mol. The highest BCUT2D eigenvalue weighted by Crippen LogP contribution is 2.15. The van der Waals surface area contributed by atoms with E-state index in [0.717, 1.165) is 5.56 Å². The lowest BCUT2D eigenvalue weighted by atomic mass is 10.0. The molecule has 2 aromatic rings. The minimum atomic E-state index is -0.840. The summed E-state index contributed by atoms with van der Waals surface area (Å²) < 4.78 is 5.43. The molecule has 30 heavy (non-hydrogen) atoms. The Balaban J connectivity index is 2.16. The SMILES string of the molecule is Cc1cccc(NC(=O)c2nc[nH]c2C(=O)N[C@@H](CC(C)C)C(=O)OC(C)(C)C)c1. The molecule has 1 aromatic carbocycles. The van der Waals surface area contributed by atoms with Gasteiger partial charge in [-0.1, -0.05) is 26.0 Å². The molecular weight excluding hydrogens is 384 g/mol. The molecule has 0 radical (unpaired) electrons. The van der Waals surface area contributed by atoms with E-state index in [1.807, 2.05) is 39.0 Å². The van der Waals surface area contributed by atoms with Crippen molar-refractivity contribution >= 4 is 23.5 Å². The molecule has 162 valence electrons. The summed E-state index contributed by atoms with van der Waals surface area (Å²) in [6.07, 6.45) is 1.67. The van der Waals surface area contributed by atoms with Gasteiger partial charge in [-0.05, 0) is 57.7 Å². The molecule has 1 aromatic heterocycles. The fourth-order valence-corrected chi connectivity index (χ4v) is 2.84. The van der Waals surface area contributed by atoms with Crippen LogP contribution in [0.2, 0.25) is 0 Å². The van der Waals surface area contributed by atoms with Gasteiger partial charge in [-0.25, -0.2) is 9.78 Å². The number of carbonyl (C=O) groups is 3. The lowest BCUT2D eigenvalue weighted by Gasteiger charge is -2.25. The maximum atomic E-state index is 12.8. The third-order valence-corrected chi connectivity index (χ3v) is 4.06. The van der Waals surface area contributed by atoms with Crippen molar-refractivity contribution in [1.82, 2.24) is 15.3 Å². The fraction of sp³-hybridized carbons (Fsp3) is 0.455. The molecule has 1 heterocycles. The number of hydrogen-bond donors (Lipinski definition) is 3. The molecule has 2 amide bonds. The maximum absolute atomic E-state index is 12.8. The minimum absolute atomic E-state index is 0.0162. The highest BCUT2D eigenvalue weighted by molar-refractivity contribution is 6.10. The van der Waals surface area contributed by atoms with Crippen LogP contribution < -0.4 is 10.6 Å². The van der Waals surface area contributed by atoms with Gasteiger partial charge >= 0.3 is 5.97 Å². The summed E-state index contributed by atoms with van der Waals surface area (Å²) in [7, 11) is 0. The number of rotatable bonds is 7. The van der Waals surface area contributed by atoms with Gasteiger partial charge in [0.15, 0.2) is 5.69 Å². The fourth-order valence-electron chi connectivity index (χ4n) is 2.84. The Bertz CT molecular complexity index is 912. The third kappa shape index (κ3) is 6.72. The quantitative estimate of drug-likeness (QED) is 0.601. The first-order valence-corrected chi connectivity index (χ1v) is 9.91. The Labute approximate surface area is 176 Å². The molecule has 0 aliphatic rings. The number of anilines is 1. The number of nitrogens with one attached hydrogen (secondary N) is 3. The van der Waals surface area contributed by atoms with Crippen molar-refractivity contribution in [2.45, 2.75) is 59.6 Å². The first kappa shape index (κ1) is 23.1. The Hall–Kier alpha value is -3.16. The minimum Gasteiger partial charge on any atom is -0.458 e. The van der Waals surface area contributed by atoms with E-state index >= 15 is 0 Å². The van der Waals surface area contributed by atoms with Gasteiger partial charge in [0.2, 0.25) is 0 Å². The van der Waals surface area contributed by atoms with E-state index in [1.165, 1.54) is 6.33 Å². The van der Waals surface area contributed by atoms with Gasteiger partial charge in [0.1, 0.15) is 17.3 Å². The zero-order valence-corrected chi connectivity index (χ0v) is 18.3. The van der Waals surface area contributed by atoms with Crippen molar-refractivity contribution in [3.63, 3.8) is 0 Å². The van der Waals surface area contributed by atoms with Crippen molar-refractivity contribution < 1.29 is 19.1 Å². The van der Waals surface area contributed by atoms with Crippen LogP contribution in [0.4, 0.5) is 5.69 Å². The van der Waals surface area contributed by atoms with Crippen LogP contribution in [0.15, 0.2) is 30.6 Å². The average Bonchev–Trinajstić information content (AvgIpc) is 3.09. The lowest BCUT2D eigenvalue weighted by Crippen LogP contribution is -2.45. The Morgan fingerprint density at radius 3 is 2.47 bits per heavy atom. The smallest absolute Gasteiger partial charge is 0.329 e. The molecule has 0 aliphatic heterocycles.